The molecule has 0 unspecified atom stereocenters. The number of amides is 1. The van der Waals surface area contributed by atoms with Gasteiger partial charge in [-0.3, -0.25) is 19.1 Å². The maximum absolute atomic E-state index is 13.3. The fourth-order valence-electron chi connectivity index (χ4n) is 4.64. The number of halogens is 1. The van der Waals surface area contributed by atoms with Crippen LogP contribution in [0.5, 0.6) is 0 Å². The minimum absolute atomic E-state index is 0.00269. The first-order chi connectivity index (χ1) is 15.6. The molecular formula is C26H26FN3O2. The van der Waals surface area contributed by atoms with Gasteiger partial charge in [-0.05, 0) is 85.4 Å². The lowest BCUT2D eigenvalue weighted by molar-refractivity contribution is 0.0734. The van der Waals surface area contributed by atoms with Crippen LogP contribution in [0.25, 0.3) is 5.69 Å². The van der Waals surface area contributed by atoms with Crippen LogP contribution in [-0.2, 0) is 19.5 Å². The number of hydrogen-bond donors (Lipinski definition) is 0. The van der Waals surface area contributed by atoms with Gasteiger partial charge in [-0.2, -0.15) is 0 Å². The van der Waals surface area contributed by atoms with Crippen LogP contribution in [0.3, 0.4) is 0 Å². The maximum Gasteiger partial charge on any atom is 0.255 e. The number of nitrogens with zero attached hydrogens (tertiary/aromatic N) is 3. The molecule has 0 bridgehead atoms. The SMILES string of the molecule is O=C(c1ccc(CN2CCCC2)cc1)N1CCc2cc(=O)n(-c3ccc(F)cc3)cc2C1. The largest absolute Gasteiger partial charge is 0.334 e. The lowest BCUT2D eigenvalue weighted by Crippen LogP contribution is -2.37. The number of pyridine rings is 1. The van der Waals surface area contributed by atoms with E-state index in [1.54, 1.807) is 24.4 Å². The molecule has 1 saturated heterocycles. The summed E-state index contributed by atoms with van der Waals surface area (Å²) >= 11 is 0. The van der Waals surface area contributed by atoms with Crippen LogP contribution in [0.4, 0.5) is 4.39 Å². The van der Waals surface area contributed by atoms with Gasteiger partial charge >= 0.3 is 0 Å². The summed E-state index contributed by atoms with van der Waals surface area (Å²) in [6.07, 6.45) is 4.96. The molecule has 2 aliphatic rings. The molecule has 3 aromatic rings. The summed E-state index contributed by atoms with van der Waals surface area (Å²) in [4.78, 5) is 30.0. The van der Waals surface area contributed by atoms with Crippen molar-refractivity contribution in [3.8, 4) is 5.69 Å². The molecule has 5 rings (SSSR count). The third kappa shape index (κ3) is 4.23. The van der Waals surface area contributed by atoms with Crippen LogP contribution in [0.15, 0.2) is 65.6 Å². The summed E-state index contributed by atoms with van der Waals surface area (Å²) in [5, 5.41) is 0. The highest BCUT2D eigenvalue weighted by atomic mass is 19.1. The zero-order chi connectivity index (χ0) is 22.1. The number of benzene rings is 2. The van der Waals surface area contributed by atoms with Gasteiger partial charge in [-0.15, -0.1) is 0 Å². The normalized spacial score (nSPS) is 16.2. The lowest BCUT2D eigenvalue weighted by atomic mass is 10.0. The zero-order valence-corrected chi connectivity index (χ0v) is 18.0. The molecule has 5 nitrogen and oxygen atoms in total. The van der Waals surface area contributed by atoms with Gasteiger partial charge in [-0.25, -0.2) is 4.39 Å². The van der Waals surface area contributed by atoms with Crippen molar-refractivity contribution in [2.75, 3.05) is 19.6 Å². The topological polar surface area (TPSA) is 45.6 Å². The van der Waals surface area contributed by atoms with Crippen molar-refractivity contribution in [1.82, 2.24) is 14.4 Å². The van der Waals surface area contributed by atoms with E-state index in [1.165, 1.54) is 35.1 Å². The monoisotopic (exact) mass is 431 g/mol. The summed E-state index contributed by atoms with van der Waals surface area (Å²) < 4.78 is 14.8. The summed E-state index contributed by atoms with van der Waals surface area (Å²) in [6, 6.07) is 15.4. The molecule has 164 valence electrons. The molecule has 0 spiro atoms. The first kappa shape index (κ1) is 20.6. The third-order valence-corrected chi connectivity index (χ3v) is 6.44. The van der Waals surface area contributed by atoms with Gasteiger partial charge in [0.1, 0.15) is 5.82 Å². The Kier molecular flexibility index (Phi) is 5.62. The van der Waals surface area contributed by atoms with E-state index in [0.717, 1.165) is 30.8 Å². The van der Waals surface area contributed by atoms with Crippen LogP contribution in [0.2, 0.25) is 0 Å². The van der Waals surface area contributed by atoms with E-state index in [4.69, 9.17) is 0 Å². The molecule has 0 aliphatic carbocycles. The summed E-state index contributed by atoms with van der Waals surface area (Å²) in [5.74, 6) is -0.342. The van der Waals surface area contributed by atoms with E-state index in [-0.39, 0.29) is 17.3 Å². The van der Waals surface area contributed by atoms with Crippen molar-refractivity contribution in [1.29, 1.82) is 0 Å². The second-order valence-electron chi connectivity index (χ2n) is 8.67. The number of hydrogen-bond acceptors (Lipinski definition) is 3. The molecule has 0 N–H and O–H groups in total. The average molecular weight is 432 g/mol. The summed E-state index contributed by atoms with van der Waals surface area (Å²) in [5.41, 5.74) is 4.29. The van der Waals surface area contributed by atoms with Crippen molar-refractivity contribution in [2.45, 2.75) is 32.4 Å². The third-order valence-electron chi connectivity index (χ3n) is 6.44. The predicted octanol–water partition coefficient (Wildman–Crippen LogP) is 3.77. The van der Waals surface area contributed by atoms with Crippen molar-refractivity contribution in [3.63, 3.8) is 0 Å². The minimum atomic E-state index is -0.344. The highest BCUT2D eigenvalue weighted by molar-refractivity contribution is 5.94. The van der Waals surface area contributed by atoms with Crippen molar-refractivity contribution < 1.29 is 9.18 Å². The number of rotatable bonds is 4. The van der Waals surface area contributed by atoms with Gasteiger partial charge in [0.25, 0.3) is 11.5 Å². The Bertz CT molecular complexity index is 1180. The molecule has 3 heterocycles. The van der Waals surface area contributed by atoms with Gasteiger partial charge < -0.3 is 4.90 Å². The van der Waals surface area contributed by atoms with Crippen LogP contribution in [0, 0.1) is 5.82 Å². The Hall–Kier alpha value is -3.25. The van der Waals surface area contributed by atoms with Gasteiger partial charge in [0.2, 0.25) is 0 Å². The van der Waals surface area contributed by atoms with Gasteiger partial charge in [-0.1, -0.05) is 12.1 Å². The minimum Gasteiger partial charge on any atom is -0.334 e. The number of fused-ring (bicyclic) bond motifs is 1. The van der Waals surface area contributed by atoms with Gasteiger partial charge in [0.15, 0.2) is 0 Å². The Labute approximate surface area is 186 Å². The molecule has 2 aliphatic heterocycles. The zero-order valence-electron chi connectivity index (χ0n) is 18.0. The van der Waals surface area contributed by atoms with Crippen molar-refractivity contribution >= 4 is 5.91 Å². The van der Waals surface area contributed by atoms with E-state index in [0.29, 0.717) is 30.8 Å². The smallest absolute Gasteiger partial charge is 0.255 e. The van der Waals surface area contributed by atoms with Crippen molar-refractivity contribution in [2.24, 2.45) is 0 Å². The first-order valence-electron chi connectivity index (χ1n) is 11.2. The molecular weight excluding hydrogens is 405 g/mol. The van der Waals surface area contributed by atoms with E-state index in [2.05, 4.69) is 17.0 Å². The van der Waals surface area contributed by atoms with Crippen LogP contribution in [0.1, 0.15) is 39.9 Å². The molecule has 6 heteroatoms. The number of likely N-dealkylation sites (tertiary alicyclic amines) is 1. The Morgan fingerprint density at radius 1 is 0.906 bits per heavy atom. The molecule has 1 amide bonds. The second-order valence-corrected chi connectivity index (χ2v) is 8.67. The molecule has 1 aromatic heterocycles. The number of carbonyl (C=O) groups excluding carboxylic acids is 1. The molecule has 0 atom stereocenters. The van der Waals surface area contributed by atoms with E-state index < -0.39 is 0 Å². The Balaban J connectivity index is 1.33. The van der Waals surface area contributed by atoms with E-state index >= 15 is 0 Å². The van der Waals surface area contributed by atoms with Crippen molar-refractivity contribution in [3.05, 3.63) is 99.2 Å². The standard InChI is InChI=1S/C26H26FN3O2/c27-23-7-9-24(10-8-23)30-18-22-17-29(14-11-21(22)15-25(30)31)26(32)20-5-3-19(4-6-20)16-28-12-1-2-13-28/h3-10,15,18H,1-2,11-14,16-17H2. The molecule has 32 heavy (non-hydrogen) atoms. The maximum atomic E-state index is 13.3. The van der Waals surface area contributed by atoms with Crippen LogP contribution in [-0.4, -0.2) is 39.9 Å². The molecule has 2 aromatic carbocycles. The first-order valence-corrected chi connectivity index (χ1v) is 11.2. The number of carbonyl (C=O) groups is 1. The fourth-order valence-corrected chi connectivity index (χ4v) is 4.64. The quantitative estimate of drug-likeness (QED) is 0.632. The van der Waals surface area contributed by atoms with Crippen LogP contribution < -0.4 is 5.56 Å². The lowest BCUT2D eigenvalue weighted by Gasteiger charge is -2.29. The Morgan fingerprint density at radius 2 is 1.62 bits per heavy atom. The molecule has 1 fully saturated rings. The average Bonchev–Trinajstić information content (AvgIpc) is 3.32. The van der Waals surface area contributed by atoms with Gasteiger partial charge in [0.05, 0.1) is 0 Å². The Morgan fingerprint density at radius 3 is 2.34 bits per heavy atom. The van der Waals surface area contributed by atoms with E-state index in [9.17, 15) is 14.0 Å². The van der Waals surface area contributed by atoms with E-state index in [1.807, 2.05) is 17.0 Å². The summed E-state index contributed by atoms with van der Waals surface area (Å²) in [6.45, 7) is 4.27. The second kappa shape index (κ2) is 8.71. The fraction of sp³-hybridized carbons (Fsp3) is 0.308. The van der Waals surface area contributed by atoms with Gasteiger partial charge in [0, 0.05) is 43.1 Å². The molecule has 0 radical (unpaired) electrons. The highest BCUT2D eigenvalue weighted by Gasteiger charge is 2.23. The predicted molar refractivity (Wildman–Crippen MR) is 121 cm³/mol. The summed E-state index contributed by atoms with van der Waals surface area (Å²) in [7, 11) is 0. The van der Waals surface area contributed by atoms with Crippen LogP contribution >= 0.6 is 0 Å². The highest BCUT2D eigenvalue weighted by Crippen LogP contribution is 2.21. The number of aromatic nitrogens is 1. The molecule has 0 saturated carbocycles.